The molecule has 3 aromatic rings. The number of anilines is 1. The average Bonchev–Trinajstić information content (AvgIpc) is 2.65. The Balaban J connectivity index is 1.83. The van der Waals surface area contributed by atoms with Crippen molar-refractivity contribution in [1.82, 2.24) is 10.3 Å². The number of hydrogen-bond donors (Lipinski definition) is 4. The van der Waals surface area contributed by atoms with Crippen molar-refractivity contribution in [1.29, 1.82) is 0 Å². The van der Waals surface area contributed by atoms with Crippen molar-refractivity contribution >= 4 is 28.5 Å². The highest BCUT2D eigenvalue weighted by Crippen LogP contribution is 2.20. The quantitative estimate of drug-likeness (QED) is 0.555. The molecule has 0 radical (unpaired) electrons. The Labute approximate surface area is 155 Å². The van der Waals surface area contributed by atoms with Gasteiger partial charge < -0.3 is 20.7 Å². The normalized spacial score (nSPS) is 10.6. The first kappa shape index (κ1) is 18.2. The second kappa shape index (κ2) is 7.33. The number of carbonyl (C=O) groups is 2. The Bertz CT molecular complexity index is 1100. The third kappa shape index (κ3) is 3.67. The topological polar surface area (TPSA) is 111 Å². The van der Waals surface area contributed by atoms with E-state index in [9.17, 15) is 14.4 Å². The van der Waals surface area contributed by atoms with Gasteiger partial charge in [-0.1, -0.05) is 18.2 Å². The van der Waals surface area contributed by atoms with Crippen molar-refractivity contribution in [2.45, 2.75) is 13.5 Å². The van der Waals surface area contributed by atoms with Gasteiger partial charge in [0, 0.05) is 19.0 Å². The molecule has 0 spiro atoms. The number of hydrogen-bond acceptors (Lipinski definition) is 4. The zero-order valence-corrected chi connectivity index (χ0v) is 14.9. The van der Waals surface area contributed by atoms with Gasteiger partial charge in [0.2, 0.25) is 0 Å². The van der Waals surface area contributed by atoms with Gasteiger partial charge in [-0.3, -0.25) is 9.59 Å². The van der Waals surface area contributed by atoms with E-state index in [0.29, 0.717) is 5.52 Å². The molecule has 0 bridgehead atoms. The van der Waals surface area contributed by atoms with E-state index in [4.69, 9.17) is 5.11 Å². The van der Waals surface area contributed by atoms with Crippen LogP contribution in [0.25, 0.3) is 10.9 Å². The van der Waals surface area contributed by atoms with Crippen LogP contribution in [0.4, 0.5) is 5.69 Å². The lowest BCUT2D eigenvalue weighted by Crippen LogP contribution is -2.29. The van der Waals surface area contributed by atoms with E-state index in [0.717, 1.165) is 22.2 Å². The highest BCUT2D eigenvalue weighted by molar-refractivity contribution is 5.99. The van der Waals surface area contributed by atoms with Gasteiger partial charge >= 0.3 is 5.97 Å². The van der Waals surface area contributed by atoms with Crippen LogP contribution in [-0.4, -0.2) is 29.0 Å². The van der Waals surface area contributed by atoms with E-state index in [-0.39, 0.29) is 17.7 Å². The summed E-state index contributed by atoms with van der Waals surface area (Å²) in [6.45, 7) is 1.97. The molecule has 0 unspecified atom stereocenters. The molecule has 0 aliphatic heterocycles. The van der Waals surface area contributed by atoms with E-state index >= 15 is 0 Å². The summed E-state index contributed by atoms with van der Waals surface area (Å²) in [5.41, 5.74) is 2.68. The van der Waals surface area contributed by atoms with E-state index in [1.807, 2.05) is 18.2 Å². The number of nitrogens with one attached hydrogen (secondary N) is 3. The highest BCUT2D eigenvalue weighted by Gasteiger charge is 2.14. The van der Waals surface area contributed by atoms with Crippen molar-refractivity contribution in [3.8, 4) is 0 Å². The fourth-order valence-electron chi connectivity index (χ4n) is 2.91. The van der Waals surface area contributed by atoms with Crippen LogP contribution in [0.15, 0.2) is 47.3 Å². The largest absolute Gasteiger partial charge is 0.478 e. The maximum Gasteiger partial charge on any atom is 0.335 e. The number of carboxylic acid groups (broad SMARTS) is 1. The number of H-pyrrole nitrogens is 1. The molecule has 0 aliphatic carbocycles. The molecular weight excluding hydrogens is 346 g/mol. The number of para-hydroxylation sites is 1. The number of aromatic nitrogens is 1. The fourth-order valence-corrected chi connectivity index (χ4v) is 2.91. The van der Waals surface area contributed by atoms with Gasteiger partial charge in [0.1, 0.15) is 5.56 Å². The highest BCUT2D eigenvalue weighted by atomic mass is 16.4. The number of fused-ring (bicyclic) bond motifs is 1. The number of aryl methyl sites for hydroxylation is 1. The summed E-state index contributed by atoms with van der Waals surface area (Å²) in [5, 5.41) is 15.5. The summed E-state index contributed by atoms with van der Waals surface area (Å²) >= 11 is 0. The molecule has 0 saturated heterocycles. The molecule has 0 fully saturated rings. The predicted molar refractivity (Wildman–Crippen MR) is 103 cm³/mol. The van der Waals surface area contributed by atoms with Crippen LogP contribution in [0.1, 0.15) is 31.8 Å². The van der Waals surface area contributed by atoms with Crippen LogP contribution >= 0.6 is 0 Å². The molecule has 0 atom stereocenters. The second-order valence-electron chi connectivity index (χ2n) is 6.16. The molecule has 1 amide bonds. The molecule has 1 aromatic heterocycles. The van der Waals surface area contributed by atoms with E-state index in [1.165, 1.54) is 6.07 Å². The summed E-state index contributed by atoms with van der Waals surface area (Å²) in [6.07, 6.45) is 0. The van der Waals surface area contributed by atoms with Gasteiger partial charge in [-0.15, -0.1) is 0 Å². The molecule has 0 saturated carbocycles. The van der Waals surface area contributed by atoms with Crippen LogP contribution in [0.5, 0.6) is 0 Å². The lowest BCUT2D eigenvalue weighted by molar-refractivity contribution is 0.0696. The predicted octanol–water partition coefficient (Wildman–Crippen LogP) is 2.51. The first-order valence-corrected chi connectivity index (χ1v) is 8.35. The molecule has 0 aliphatic rings. The van der Waals surface area contributed by atoms with Crippen LogP contribution in [0, 0.1) is 6.92 Å². The van der Waals surface area contributed by atoms with Crippen LogP contribution in [0.3, 0.4) is 0 Å². The maximum absolute atomic E-state index is 12.5. The Morgan fingerprint density at radius 3 is 2.59 bits per heavy atom. The Morgan fingerprint density at radius 2 is 1.93 bits per heavy atom. The van der Waals surface area contributed by atoms with Crippen LogP contribution in [-0.2, 0) is 6.54 Å². The van der Waals surface area contributed by atoms with Gasteiger partial charge in [-0.2, -0.15) is 0 Å². The molecular formula is C20H19N3O4. The molecule has 3 rings (SSSR count). The van der Waals surface area contributed by atoms with Crippen molar-refractivity contribution in [2.24, 2.45) is 0 Å². The molecule has 2 aromatic carbocycles. The second-order valence-corrected chi connectivity index (χ2v) is 6.16. The minimum absolute atomic E-state index is 0.0237. The third-order valence-corrected chi connectivity index (χ3v) is 4.42. The summed E-state index contributed by atoms with van der Waals surface area (Å²) < 4.78 is 0. The molecule has 7 nitrogen and oxygen atoms in total. The Kier molecular flexibility index (Phi) is 4.94. The van der Waals surface area contributed by atoms with Crippen LogP contribution in [0.2, 0.25) is 0 Å². The maximum atomic E-state index is 12.5. The number of aromatic carboxylic acids is 1. The summed E-state index contributed by atoms with van der Waals surface area (Å²) in [7, 11) is 1.76. The average molecular weight is 365 g/mol. The molecule has 27 heavy (non-hydrogen) atoms. The van der Waals surface area contributed by atoms with Gasteiger partial charge in [0.05, 0.1) is 16.8 Å². The van der Waals surface area contributed by atoms with E-state index < -0.39 is 17.4 Å². The fraction of sp³-hybridized carbons (Fsp3) is 0.150. The van der Waals surface area contributed by atoms with Crippen LogP contribution < -0.4 is 16.2 Å². The SMILES string of the molecule is CNc1cccc2cc(C(=O)NCc3ccc(C(=O)O)cc3C)c(=O)[nH]c12. The molecule has 138 valence electrons. The number of carbonyl (C=O) groups excluding carboxylic acids is 1. The summed E-state index contributed by atoms with van der Waals surface area (Å²) in [5.74, 6) is -1.49. The van der Waals surface area contributed by atoms with E-state index in [2.05, 4.69) is 15.6 Å². The van der Waals surface area contributed by atoms with Gasteiger partial charge in [-0.05, 0) is 42.3 Å². The monoisotopic (exact) mass is 365 g/mol. The first-order chi connectivity index (χ1) is 12.9. The smallest absolute Gasteiger partial charge is 0.335 e. The van der Waals surface area contributed by atoms with E-state index in [1.54, 1.807) is 32.2 Å². The summed E-state index contributed by atoms with van der Waals surface area (Å²) in [4.78, 5) is 38.6. The lowest BCUT2D eigenvalue weighted by Gasteiger charge is -2.10. The minimum atomic E-state index is -1.00. The number of benzene rings is 2. The minimum Gasteiger partial charge on any atom is -0.478 e. The van der Waals surface area contributed by atoms with Gasteiger partial charge in [-0.25, -0.2) is 4.79 Å². The Morgan fingerprint density at radius 1 is 1.15 bits per heavy atom. The standard InChI is InChI=1S/C20H19N3O4/c1-11-8-13(20(26)27)6-7-14(11)10-22-18(24)15-9-12-4-3-5-16(21-2)17(12)23-19(15)25/h3-9,21H,10H2,1-2H3,(H,22,24)(H,23,25)(H,26,27). The molecule has 4 N–H and O–H groups in total. The number of amides is 1. The number of pyridine rings is 1. The van der Waals surface area contributed by atoms with Crippen molar-refractivity contribution in [3.63, 3.8) is 0 Å². The molecule has 1 heterocycles. The first-order valence-electron chi connectivity index (χ1n) is 8.35. The third-order valence-electron chi connectivity index (χ3n) is 4.42. The van der Waals surface area contributed by atoms with Gasteiger partial charge in [0.15, 0.2) is 0 Å². The number of carboxylic acids is 1. The van der Waals surface area contributed by atoms with Crippen molar-refractivity contribution in [3.05, 3.63) is 75.1 Å². The van der Waals surface area contributed by atoms with Crippen molar-refractivity contribution in [2.75, 3.05) is 12.4 Å². The summed E-state index contributed by atoms with van der Waals surface area (Å²) in [6, 6.07) is 11.7. The zero-order valence-electron chi connectivity index (χ0n) is 14.9. The number of rotatable bonds is 5. The number of aromatic amines is 1. The lowest BCUT2D eigenvalue weighted by atomic mass is 10.0. The zero-order chi connectivity index (χ0) is 19.6. The molecule has 7 heteroatoms. The Hall–Kier alpha value is -3.61. The van der Waals surface area contributed by atoms with Gasteiger partial charge in [0.25, 0.3) is 11.5 Å². The van der Waals surface area contributed by atoms with Crippen molar-refractivity contribution < 1.29 is 14.7 Å².